The summed E-state index contributed by atoms with van der Waals surface area (Å²) in [5, 5.41) is -11.0. The first-order valence-corrected chi connectivity index (χ1v) is 6.96. The molecule has 12 heteroatoms. The van der Waals surface area contributed by atoms with Crippen molar-refractivity contribution < 1.29 is 39.8 Å². The standard InChI is InChI=1S/C8H10Cl2F7O2P/c1-3-18-20(19-4-2)8(16,17)6(12,13)5(9,11)7(10,14)15/h3-4H2,1-2H3. The molecule has 2 nitrogen and oxygen atoms in total. The predicted octanol–water partition coefficient (Wildman–Crippen LogP) is 5.34. The average Bonchev–Trinajstić information content (AvgIpc) is 2.26. The minimum Gasteiger partial charge on any atom is -0.330 e. The van der Waals surface area contributed by atoms with Crippen LogP contribution in [-0.2, 0) is 9.05 Å². The molecule has 0 bridgehead atoms. The molecule has 0 aromatic rings. The maximum absolute atomic E-state index is 13.6. The van der Waals surface area contributed by atoms with Crippen LogP contribution in [-0.4, -0.2) is 35.3 Å². The topological polar surface area (TPSA) is 18.5 Å². The molecule has 20 heavy (non-hydrogen) atoms. The second kappa shape index (κ2) is 6.69. The van der Waals surface area contributed by atoms with Gasteiger partial charge in [-0.1, -0.05) is 11.6 Å². The van der Waals surface area contributed by atoms with Gasteiger partial charge in [0.15, 0.2) is 0 Å². The molecule has 0 heterocycles. The van der Waals surface area contributed by atoms with E-state index in [1.165, 1.54) is 13.8 Å². The quantitative estimate of drug-likeness (QED) is 0.325. The van der Waals surface area contributed by atoms with Crippen molar-refractivity contribution >= 4 is 31.6 Å². The van der Waals surface area contributed by atoms with Gasteiger partial charge in [0, 0.05) is 0 Å². The van der Waals surface area contributed by atoms with Gasteiger partial charge < -0.3 is 9.05 Å². The molecule has 0 saturated carbocycles. The minimum atomic E-state index is -6.04. The summed E-state index contributed by atoms with van der Waals surface area (Å²) in [6.45, 7) is 1.36. The molecule has 122 valence electrons. The molecule has 0 aromatic carbocycles. The van der Waals surface area contributed by atoms with Crippen LogP contribution in [0.4, 0.5) is 30.7 Å². The van der Waals surface area contributed by atoms with Gasteiger partial charge in [-0.25, -0.2) is 4.39 Å². The fourth-order valence-electron chi connectivity index (χ4n) is 0.915. The van der Waals surface area contributed by atoms with Crippen molar-refractivity contribution in [1.29, 1.82) is 0 Å². The lowest BCUT2D eigenvalue weighted by atomic mass is 10.2. The lowest BCUT2D eigenvalue weighted by Gasteiger charge is -2.37. The van der Waals surface area contributed by atoms with Gasteiger partial charge in [0.1, 0.15) is 0 Å². The van der Waals surface area contributed by atoms with Gasteiger partial charge in [0.05, 0.1) is 13.2 Å². The number of hydrogen-bond donors (Lipinski definition) is 0. The summed E-state index contributed by atoms with van der Waals surface area (Å²) < 4.78 is 101. The minimum absolute atomic E-state index is 0.490. The van der Waals surface area contributed by atoms with Gasteiger partial charge in [0.2, 0.25) is 0 Å². The van der Waals surface area contributed by atoms with Gasteiger partial charge in [-0.05, 0) is 25.4 Å². The van der Waals surface area contributed by atoms with Crippen LogP contribution in [0.15, 0.2) is 0 Å². The van der Waals surface area contributed by atoms with E-state index in [0.717, 1.165) is 0 Å². The molecule has 0 aromatic heterocycles. The summed E-state index contributed by atoms with van der Waals surface area (Å²) in [6.07, 6.45) is 0. The van der Waals surface area contributed by atoms with E-state index in [-0.39, 0.29) is 0 Å². The fourth-order valence-corrected chi connectivity index (χ4v) is 2.47. The molecular weight excluding hydrogens is 363 g/mol. The number of hydrogen-bond acceptors (Lipinski definition) is 2. The molecule has 0 N–H and O–H groups in total. The average molecular weight is 373 g/mol. The van der Waals surface area contributed by atoms with Crippen LogP contribution in [0, 0.1) is 0 Å². The Kier molecular flexibility index (Phi) is 6.83. The molecule has 0 amide bonds. The number of rotatable bonds is 8. The zero-order valence-electron chi connectivity index (χ0n) is 10.1. The Morgan fingerprint density at radius 1 is 0.850 bits per heavy atom. The van der Waals surface area contributed by atoms with Crippen LogP contribution in [0.3, 0.4) is 0 Å². The van der Waals surface area contributed by atoms with Crippen LogP contribution in [0.1, 0.15) is 13.8 Å². The maximum atomic E-state index is 13.6. The molecule has 0 radical (unpaired) electrons. The molecule has 0 aliphatic carbocycles. The lowest BCUT2D eigenvalue weighted by Crippen LogP contribution is -2.59. The van der Waals surface area contributed by atoms with Crippen LogP contribution in [0.2, 0.25) is 0 Å². The third-order valence-corrected chi connectivity index (χ3v) is 4.41. The van der Waals surface area contributed by atoms with E-state index in [9.17, 15) is 30.7 Å². The Morgan fingerprint density at radius 2 is 1.20 bits per heavy atom. The second-order valence-electron chi connectivity index (χ2n) is 3.28. The molecule has 0 aliphatic rings. The molecule has 0 spiro atoms. The fraction of sp³-hybridized carbons (Fsp3) is 1.00. The molecule has 0 aliphatic heterocycles. The SMILES string of the molecule is CCOP(OCC)C(F)(F)C(F)(F)C(F)(Cl)C(F)(F)Cl. The van der Waals surface area contributed by atoms with Crippen molar-refractivity contribution in [2.24, 2.45) is 0 Å². The van der Waals surface area contributed by atoms with E-state index in [1.54, 1.807) is 0 Å². The summed E-state index contributed by atoms with van der Waals surface area (Å²) in [5.41, 5.74) is -5.43. The molecule has 0 fully saturated rings. The highest BCUT2D eigenvalue weighted by Crippen LogP contribution is 2.66. The Bertz CT molecular complexity index is 318. The molecule has 0 rings (SSSR count). The van der Waals surface area contributed by atoms with Crippen molar-refractivity contribution in [2.45, 2.75) is 35.9 Å². The van der Waals surface area contributed by atoms with Crippen molar-refractivity contribution in [3.8, 4) is 0 Å². The van der Waals surface area contributed by atoms with E-state index in [2.05, 4.69) is 32.2 Å². The Morgan fingerprint density at radius 3 is 1.45 bits per heavy atom. The zero-order chi connectivity index (χ0) is 16.4. The van der Waals surface area contributed by atoms with Crippen LogP contribution in [0.25, 0.3) is 0 Å². The van der Waals surface area contributed by atoms with Crippen LogP contribution >= 0.6 is 31.6 Å². The first-order chi connectivity index (χ1) is 8.77. The van der Waals surface area contributed by atoms with Crippen molar-refractivity contribution in [1.82, 2.24) is 0 Å². The Balaban J connectivity index is 5.63. The number of halogens is 9. The first kappa shape index (κ1) is 20.4. The summed E-state index contributed by atoms with van der Waals surface area (Å²) in [5.74, 6) is -6.04. The number of alkyl halides is 9. The predicted molar refractivity (Wildman–Crippen MR) is 60.6 cm³/mol. The van der Waals surface area contributed by atoms with E-state index in [0.29, 0.717) is 0 Å². The molecule has 0 saturated heterocycles. The second-order valence-corrected chi connectivity index (χ2v) is 5.87. The van der Waals surface area contributed by atoms with Gasteiger partial charge in [-0.3, -0.25) is 0 Å². The molecule has 1 atom stereocenters. The third kappa shape index (κ3) is 3.61. The van der Waals surface area contributed by atoms with E-state index in [1.807, 2.05) is 0 Å². The highest BCUT2D eigenvalue weighted by molar-refractivity contribution is 7.48. The van der Waals surface area contributed by atoms with E-state index in [4.69, 9.17) is 0 Å². The highest BCUT2D eigenvalue weighted by Gasteiger charge is 2.81. The van der Waals surface area contributed by atoms with E-state index >= 15 is 0 Å². The Hall–Kier alpha value is 0.440. The van der Waals surface area contributed by atoms with Gasteiger partial charge in [0.25, 0.3) is 8.38 Å². The van der Waals surface area contributed by atoms with Crippen molar-refractivity contribution in [3.05, 3.63) is 0 Å². The first-order valence-electron chi connectivity index (χ1n) is 5.03. The zero-order valence-corrected chi connectivity index (χ0v) is 12.5. The smallest absolute Gasteiger partial charge is 0.330 e. The largest absolute Gasteiger partial charge is 0.381 e. The van der Waals surface area contributed by atoms with Gasteiger partial charge in [-0.15, -0.1) is 0 Å². The summed E-state index contributed by atoms with van der Waals surface area (Å²) in [4.78, 5) is 0. The maximum Gasteiger partial charge on any atom is 0.381 e. The van der Waals surface area contributed by atoms with E-state index < -0.39 is 43.7 Å². The summed E-state index contributed by atoms with van der Waals surface area (Å²) in [6, 6.07) is 0. The normalized spacial score (nSPS) is 17.4. The molecular formula is C8H10Cl2F7O2P. The van der Waals surface area contributed by atoms with Crippen molar-refractivity contribution in [3.63, 3.8) is 0 Å². The van der Waals surface area contributed by atoms with Gasteiger partial charge >= 0.3 is 22.1 Å². The van der Waals surface area contributed by atoms with Crippen LogP contribution in [0.5, 0.6) is 0 Å². The Labute approximate surface area is 121 Å². The third-order valence-electron chi connectivity index (χ3n) is 1.85. The summed E-state index contributed by atoms with van der Waals surface area (Å²) in [7, 11) is -3.70. The van der Waals surface area contributed by atoms with Gasteiger partial charge in [-0.2, -0.15) is 26.3 Å². The lowest BCUT2D eigenvalue weighted by molar-refractivity contribution is -0.249. The monoisotopic (exact) mass is 372 g/mol. The summed E-state index contributed by atoms with van der Waals surface area (Å²) >= 11 is 8.30. The molecule has 1 unspecified atom stereocenters. The van der Waals surface area contributed by atoms with Crippen LogP contribution < -0.4 is 0 Å². The van der Waals surface area contributed by atoms with Crippen molar-refractivity contribution in [2.75, 3.05) is 13.2 Å². The highest BCUT2D eigenvalue weighted by atomic mass is 35.5.